The number of hydrogen-bond acceptors (Lipinski definition) is 3. The highest BCUT2D eigenvalue weighted by atomic mass is 15.2. The maximum atomic E-state index is 6.01. The lowest BCUT2D eigenvalue weighted by atomic mass is 10.0. The third-order valence-electron chi connectivity index (χ3n) is 2.39. The fourth-order valence-electron chi connectivity index (χ4n) is 1.72. The highest BCUT2D eigenvalue weighted by Crippen LogP contribution is 2.10. The van der Waals surface area contributed by atoms with Gasteiger partial charge in [-0.25, -0.2) is 0 Å². The van der Waals surface area contributed by atoms with E-state index in [1.807, 2.05) is 0 Å². The van der Waals surface area contributed by atoms with Gasteiger partial charge in [-0.15, -0.1) is 0 Å². The van der Waals surface area contributed by atoms with Crippen molar-refractivity contribution in [2.24, 2.45) is 16.6 Å². The van der Waals surface area contributed by atoms with E-state index in [0.29, 0.717) is 5.92 Å². The molecule has 0 saturated carbocycles. The van der Waals surface area contributed by atoms with Crippen LogP contribution in [-0.4, -0.2) is 36.9 Å². The Morgan fingerprint density at radius 2 is 2.23 bits per heavy atom. The van der Waals surface area contributed by atoms with E-state index in [1.54, 1.807) is 0 Å². The van der Waals surface area contributed by atoms with Crippen molar-refractivity contribution >= 4 is 5.84 Å². The lowest BCUT2D eigenvalue weighted by Crippen LogP contribution is -2.31. The van der Waals surface area contributed by atoms with Gasteiger partial charge in [-0.05, 0) is 12.3 Å². The zero-order valence-corrected chi connectivity index (χ0v) is 8.95. The minimum Gasteiger partial charge on any atom is -0.362 e. The number of nitrogens with zero attached hydrogens (tertiary/aromatic N) is 2. The summed E-state index contributed by atoms with van der Waals surface area (Å²) in [5, 5.41) is 0. The van der Waals surface area contributed by atoms with E-state index in [-0.39, 0.29) is 6.04 Å². The van der Waals surface area contributed by atoms with Crippen LogP contribution in [0.2, 0.25) is 0 Å². The zero-order chi connectivity index (χ0) is 9.84. The molecule has 1 aliphatic heterocycles. The van der Waals surface area contributed by atoms with E-state index in [1.165, 1.54) is 5.84 Å². The van der Waals surface area contributed by atoms with Crippen molar-refractivity contribution in [1.82, 2.24) is 4.90 Å². The first-order valence-electron chi connectivity index (χ1n) is 5.09. The predicted octanol–water partition coefficient (Wildman–Crippen LogP) is 1.09. The van der Waals surface area contributed by atoms with Crippen LogP contribution in [0, 0.1) is 5.92 Å². The molecule has 0 aliphatic carbocycles. The Hall–Kier alpha value is -0.570. The molecule has 1 heterocycles. The van der Waals surface area contributed by atoms with E-state index in [2.05, 4.69) is 30.8 Å². The number of nitrogens with two attached hydrogens (primary N) is 1. The van der Waals surface area contributed by atoms with Crippen LogP contribution < -0.4 is 5.73 Å². The molecular weight excluding hydrogens is 162 g/mol. The summed E-state index contributed by atoms with van der Waals surface area (Å²) in [6.07, 6.45) is 2.03. The van der Waals surface area contributed by atoms with Gasteiger partial charge in [0.2, 0.25) is 0 Å². The van der Waals surface area contributed by atoms with Gasteiger partial charge < -0.3 is 10.6 Å². The fraction of sp³-hybridized carbons (Fsp3) is 0.900. The Morgan fingerprint density at radius 1 is 1.54 bits per heavy atom. The Labute approximate surface area is 81.0 Å². The van der Waals surface area contributed by atoms with Gasteiger partial charge in [0.15, 0.2) is 0 Å². The standard InChI is InChI=1S/C10H21N3/c1-8(2)6-9(11)7-10-12-4-5-13(10)3/h8-9H,4-7,11H2,1-3H3. The first kappa shape index (κ1) is 10.5. The molecule has 1 unspecified atom stereocenters. The molecule has 0 bridgehead atoms. The van der Waals surface area contributed by atoms with Gasteiger partial charge in [0.1, 0.15) is 5.84 Å². The smallest absolute Gasteiger partial charge is 0.100 e. The van der Waals surface area contributed by atoms with Crippen LogP contribution in [0.1, 0.15) is 26.7 Å². The van der Waals surface area contributed by atoms with Gasteiger partial charge >= 0.3 is 0 Å². The molecule has 1 atom stereocenters. The van der Waals surface area contributed by atoms with Gasteiger partial charge in [0.25, 0.3) is 0 Å². The minimum atomic E-state index is 0.277. The molecule has 0 spiro atoms. The van der Waals surface area contributed by atoms with E-state index in [9.17, 15) is 0 Å². The number of likely N-dealkylation sites (N-methyl/N-ethyl adjacent to an activating group) is 1. The van der Waals surface area contributed by atoms with E-state index < -0.39 is 0 Å². The Balaban J connectivity index is 2.31. The van der Waals surface area contributed by atoms with Crippen LogP contribution in [0.4, 0.5) is 0 Å². The molecule has 0 aromatic rings. The van der Waals surface area contributed by atoms with Crippen molar-refractivity contribution in [2.75, 3.05) is 20.1 Å². The monoisotopic (exact) mass is 183 g/mol. The lowest BCUT2D eigenvalue weighted by molar-refractivity contribution is 0.481. The molecule has 0 fully saturated rings. The van der Waals surface area contributed by atoms with Crippen LogP contribution in [0.5, 0.6) is 0 Å². The summed E-state index contributed by atoms with van der Waals surface area (Å²) in [4.78, 5) is 6.64. The summed E-state index contributed by atoms with van der Waals surface area (Å²) in [7, 11) is 2.09. The van der Waals surface area contributed by atoms with Crippen LogP contribution in [0.15, 0.2) is 4.99 Å². The van der Waals surface area contributed by atoms with Crippen molar-refractivity contribution in [3.05, 3.63) is 0 Å². The maximum Gasteiger partial charge on any atom is 0.100 e. The van der Waals surface area contributed by atoms with Crippen LogP contribution in [0.3, 0.4) is 0 Å². The molecule has 1 aliphatic rings. The Morgan fingerprint density at radius 3 is 2.69 bits per heavy atom. The zero-order valence-electron chi connectivity index (χ0n) is 8.95. The highest BCUT2D eigenvalue weighted by Gasteiger charge is 2.16. The summed E-state index contributed by atoms with van der Waals surface area (Å²) < 4.78 is 0. The van der Waals surface area contributed by atoms with Crippen molar-refractivity contribution in [1.29, 1.82) is 0 Å². The summed E-state index contributed by atoms with van der Waals surface area (Å²) >= 11 is 0. The van der Waals surface area contributed by atoms with Gasteiger partial charge in [-0.3, -0.25) is 4.99 Å². The van der Waals surface area contributed by atoms with E-state index >= 15 is 0 Å². The second-order valence-corrected chi connectivity index (χ2v) is 4.31. The molecule has 13 heavy (non-hydrogen) atoms. The summed E-state index contributed by atoms with van der Waals surface area (Å²) in [6.45, 7) is 6.42. The van der Waals surface area contributed by atoms with Crippen molar-refractivity contribution in [2.45, 2.75) is 32.7 Å². The van der Waals surface area contributed by atoms with Crippen LogP contribution >= 0.6 is 0 Å². The van der Waals surface area contributed by atoms with Crippen LogP contribution in [0.25, 0.3) is 0 Å². The summed E-state index contributed by atoms with van der Waals surface area (Å²) in [5.41, 5.74) is 6.01. The topological polar surface area (TPSA) is 41.6 Å². The molecule has 3 heteroatoms. The second kappa shape index (κ2) is 4.61. The van der Waals surface area contributed by atoms with Gasteiger partial charge in [0, 0.05) is 26.1 Å². The number of rotatable bonds is 4. The molecule has 3 nitrogen and oxygen atoms in total. The molecule has 1 rings (SSSR count). The number of amidine groups is 1. The minimum absolute atomic E-state index is 0.277. The fourth-order valence-corrected chi connectivity index (χ4v) is 1.72. The van der Waals surface area contributed by atoms with Gasteiger partial charge in [-0.2, -0.15) is 0 Å². The van der Waals surface area contributed by atoms with Gasteiger partial charge in [0.05, 0.1) is 6.54 Å². The molecule has 0 radical (unpaired) electrons. The summed E-state index contributed by atoms with van der Waals surface area (Å²) in [5.74, 6) is 1.87. The molecule has 0 amide bonds. The SMILES string of the molecule is CC(C)CC(N)CC1=NCCN1C. The third kappa shape index (κ3) is 3.35. The number of hydrogen-bond donors (Lipinski definition) is 1. The van der Waals surface area contributed by atoms with Crippen LogP contribution in [-0.2, 0) is 0 Å². The molecule has 0 aromatic carbocycles. The molecule has 0 aromatic heterocycles. The van der Waals surface area contributed by atoms with E-state index in [0.717, 1.165) is 25.9 Å². The maximum absolute atomic E-state index is 6.01. The molecule has 76 valence electrons. The first-order chi connectivity index (χ1) is 6.09. The van der Waals surface area contributed by atoms with E-state index in [4.69, 9.17) is 5.73 Å². The van der Waals surface area contributed by atoms with Gasteiger partial charge in [-0.1, -0.05) is 13.8 Å². The normalized spacial score (nSPS) is 19.5. The number of aliphatic imine (C=N–C) groups is 1. The molecule has 2 N–H and O–H groups in total. The third-order valence-corrected chi connectivity index (χ3v) is 2.39. The lowest BCUT2D eigenvalue weighted by Gasteiger charge is -2.18. The van der Waals surface area contributed by atoms with Crippen molar-refractivity contribution in [3.63, 3.8) is 0 Å². The van der Waals surface area contributed by atoms with Crippen molar-refractivity contribution < 1.29 is 0 Å². The second-order valence-electron chi connectivity index (χ2n) is 4.31. The largest absolute Gasteiger partial charge is 0.362 e. The average molecular weight is 183 g/mol. The van der Waals surface area contributed by atoms with Crippen molar-refractivity contribution in [3.8, 4) is 0 Å². The summed E-state index contributed by atoms with van der Waals surface area (Å²) in [6, 6.07) is 0.277. The highest BCUT2D eigenvalue weighted by molar-refractivity contribution is 5.83. The molecule has 0 saturated heterocycles. The Bertz CT molecular complexity index is 187. The predicted molar refractivity (Wildman–Crippen MR) is 57.0 cm³/mol. The first-order valence-corrected chi connectivity index (χ1v) is 5.09. The average Bonchev–Trinajstić information content (AvgIpc) is 2.34. The molecular formula is C10H21N3. The Kier molecular flexibility index (Phi) is 3.72. The quantitative estimate of drug-likeness (QED) is 0.709.